The number of carboxylic acids is 1. The van der Waals surface area contributed by atoms with Crippen LogP contribution < -0.4 is 0 Å². The summed E-state index contributed by atoms with van der Waals surface area (Å²) in [5.41, 5.74) is 3.89. The Morgan fingerprint density at radius 1 is 0.800 bits per heavy atom. The van der Waals surface area contributed by atoms with Crippen LogP contribution in [-0.2, 0) is 11.2 Å². The Bertz CT molecular complexity index is 796. The van der Waals surface area contributed by atoms with E-state index in [-0.39, 0.29) is 0 Å². The number of hydrogen-bond acceptors (Lipinski definition) is 3. The minimum absolute atomic E-state index is 0.333. The predicted molar refractivity (Wildman–Crippen MR) is 147 cm³/mol. The number of hydrogen-bond donors (Lipinski definition) is 1. The van der Waals surface area contributed by atoms with E-state index in [2.05, 4.69) is 48.1 Å². The highest BCUT2D eigenvalue weighted by Crippen LogP contribution is 2.34. The van der Waals surface area contributed by atoms with Crippen LogP contribution in [0.1, 0.15) is 134 Å². The summed E-state index contributed by atoms with van der Waals surface area (Å²) >= 11 is 0. The van der Waals surface area contributed by atoms with Crippen molar-refractivity contribution in [2.75, 3.05) is 0 Å². The maximum absolute atomic E-state index is 9.96. The first-order valence-electron chi connectivity index (χ1n) is 14.3. The molecule has 1 N–H and O–H groups in total. The first-order chi connectivity index (χ1) is 17.1. The molecule has 2 aromatic rings. The van der Waals surface area contributed by atoms with Gasteiger partial charge in [-0.25, -0.2) is 9.97 Å². The Kier molecular flexibility index (Phi) is 15.0. The molecule has 0 unspecified atom stereocenters. The highest BCUT2D eigenvalue weighted by Gasteiger charge is 2.16. The molecule has 4 nitrogen and oxygen atoms in total. The lowest BCUT2D eigenvalue weighted by Crippen LogP contribution is -1.95. The number of benzene rings is 1. The molecule has 1 fully saturated rings. The minimum atomic E-state index is -0.675. The zero-order chi connectivity index (χ0) is 25.1. The lowest BCUT2D eigenvalue weighted by molar-refractivity contribution is -0.137. The predicted octanol–water partition coefficient (Wildman–Crippen LogP) is 9.14. The third-order valence-electron chi connectivity index (χ3n) is 7.01. The summed E-state index contributed by atoms with van der Waals surface area (Å²) in [6.07, 6.45) is 24.6. The van der Waals surface area contributed by atoms with Crippen LogP contribution in [0.15, 0.2) is 36.7 Å². The SMILES string of the molecule is CCCCCCC(=O)O.CCCCCCCCCc1cnc(-c2ccc(C3CCCC3)cc2)nc1. The largest absolute Gasteiger partial charge is 0.481 e. The van der Waals surface area contributed by atoms with Crippen LogP contribution in [0.5, 0.6) is 0 Å². The number of carboxylic acid groups (broad SMARTS) is 1. The maximum Gasteiger partial charge on any atom is 0.303 e. The van der Waals surface area contributed by atoms with Crippen molar-refractivity contribution in [1.29, 1.82) is 0 Å². The van der Waals surface area contributed by atoms with Crippen LogP contribution in [-0.4, -0.2) is 21.0 Å². The van der Waals surface area contributed by atoms with Crippen molar-refractivity contribution in [3.05, 3.63) is 47.8 Å². The van der Waals surface area contributed by atoms with Gasteiger partial charge in [-0.3, -0.25) is 4.79 Å². The van der Waals surface area contributed by atoms with Crippen LogP contribution in [0.4, 0.5) is 0 Å². The van der Waals surface area contributed by atoms with Gasteiger partial charge in [-0.15, -0.1) is 0 Å². The second-order valence-electron chi connectivity index (χ2n) is 10.1. The minimum Gasteiger partial charge on any atom is -0.481 e. The topological polar surface area (TPSA) is 63.1 Å². The number of unbranched alkanes of at least 4 members (excludes halogenated alkanes) is 9. The number of aromatic nitrogens is 2. The van der Waals surface area contributed by atoms with E-state index in [4.69, 9.17) is 5.11 Å². The first-order valence-corrected chi connectivity index (χ1v) is 14.3. The normalized spacial score (nSPS) is 13.4. The summed E-state index contributed by atoms with van der Waals surface area (Å²) in [5.74, 6) is 0.951. The van der Waals surface area contributed by atoms with E-state index in [1.54, 1.807) is 0 Å². The lowest BCUT2D eigenvalue weighted by Gasteiger charge is -2.10. The lowest BCUT2D eigenvalue weighted by atomic mass is 9.96. The van der Waals surface area contributed by atoms with Crippen LogP contribution in [0.2, 0.25) is 0 Å². The molecule has 0 atom stereocenters. The molecular weight excluding hydrogens is 432 g/mol. The van der Waals surface area contributed by atoms with E-state index in [0.29, 0.717) is 6.42 Å². The Labute approximate surface area is 214 Å². The van der Waals surface area contributed by atoms with Gasteiger partial charge in [0.2, 0.25) is 0 Å². The zero-order valence-corrected chi connectivity index (χ0v) is 22.3. The fourth-order valence-electron chi connectivity index (χ4n) is 4.79. The molecular formula is C31H48N2O2. The monoisotopic (exact) mass is 480 g/mol. The van der Waals surface area contributed by atoms with Gasteiger partial charge in [-0.05, 0) is 49.1 Å². The number of nitrogens with zero attached hydrogens (tertiary/aromatic N) is 2. The molecule has 1 heterocycles. The molecule has 0 saturated heterocycles. The van der Waals surface area contributed by atoms with Crippen LogP contribution in [0.3, 0.4) is 0 Å². The van der Waals surface area contributed by atoms with E-state index in [9.17, 15) is 4.79 Å². The summed E-state index contributed by atoms with van der Waals surface area (Å²) in [4.78, 5) is 19.2. The van der Waals surface area contributed by atoms with Gasteiger partial charge in [0.1, 0.15) is 0 Å². The van der Waals surface area contributed by atoms with E-state index >= 15 is 0 Å². The van der Waals surface area contributed by atoms with Crippen molar-refractivity contribution in [3.8, 4) is 11.4 Å². The van der Waals surface area contributed by atoms with Crippen molar-refractivity contribution >= 4 is 5.97 Å². The molecule has 35 heavy (non-hydrogen) atoms. The van der Waals surface area contributed by atoms with Crippen LogP contribution in [0.25, 0.3) is 11.4 Å². The molecule has 1 aromatic heterocycles. The summed E-state index contributed by atoms with van der Waals surface area (Å²) in [6.45, 7) is 4.38. The summed E-state index contributed by atoms with van der Waals surface area (Å²) in [6, 6.07) is 8.94. The summed E-state index contributed by atoms with van der Waals surface area (Å²) < 4.78 is 0. The Morgan fingerprint density at radius 2 is 1.34 bits per heavy atom. The third-order valence-corrected chi connectivity index (χ3v) is 7.01. The van der Waals surface area contributed by atoms with Crippen molar-refractivity contribution in [3.63, 3.8) is 0 Å². The number of aryl methyl sites for hydroxylation is 1. The first kappa shape index (κ1) is 29.0. The van der Waals surface area contributed by atoms with Gasteiger partial charge in [-0.2, -0.15) is 0 Å². The molecule has 1 aliphatic carbocycles. The molecule has 0 spiro atoms. The van der Waals surface area contributed by atoms with Crippen molar-refractivity contribution in [2.45, 2.75) is 129 Å². The Morgan fingerprint density at radius 3 is 1.91 bits per heavy atom. The molecule has 194 valence electrons. The molecule has 0 aliphatic heterocycles. The number of aliphatic carboxylic acids is 1. The molecule has 3 rings (SSSR count). The molecule has 1 aliphatic rings. The van der Waals surface area contributed by atoms with Gasteiger partial charge in [0.25, 0.3) is 0 Å². The maximum atomic E-state index is 9.96. The van der Waals surface area contributed by atoms with Crippen molar-refractivity contribution < 1.29 is 9.90 Å². The van der Waals surface area contributed by atoms with Crippen molar-refractivity contribution in [2.24, 2.45) is 0 Å². The van der Waals surface area contributed by atoms with Gasteiger partial charge in [0.15, 0.2) is 5.82 Å². The highest BCUT2D eigenvalue weighted by molar-refractivity contribution is 5.66. The van der Waals surface area contributed by atoms with E-state index < -0.39 is 5.97 Å². The number of carbonyl (C=O) groups is 1. The zero-order valence-electron chi connectivity index (χ0n) is 22.3. The average Bonchev–Trinajstić information content (AvgIpc) is 3.42. The van der Waals surface area contributed by atoms with E-state index in [1.807, 2.05) is 12.4 Å². The molecule has 1 aromatic carbocycles. The molecule has 0 bridgehead atoms. The smallest absolute Gasteiger partial charge is 0.303 e. The highest BCUT2D eigenvalue weighted by atomic mass is 16.4. The van der Waals surface area contributed by atoms with E-state index in [1.165, 1.54) is 88.2 Å². The molecule has 0 radical (unpaired) electrons. The van der Waals surface area contributed by atoms with Gasteiger partial charge in [0, 0.05) is 24.4 Å². The quantitative estimate of drug-likeness (QED) is 0.258. The fraction of sp³-hybridized carbons (Fsp3) is 0.645. The van der Waals surface area contributed by atoms with Crippen molar-refractivity contribution in [1.82, 2.24) is 9.97 Å². The van der Waals surface area contributed by atoms with Gasteiger partial charge < -0.3 is 5.11 Å². The molecule has 1 saturated carbocycles. The van der Waals surface area contributed by atoms with Gasteiger partial charge in [-0.1, -0.05) is 109 Å². The third kappa shape index (κ3) is 12.3. The summed E-state index contributed by atoms with van der Waals surface area (Å²) in [7, 11) is 0. The molecule has 4 heteroatoms. The van der Waals surface area contributed by atoms with Crippen LogP contribution in [0, 0.1) is 0 Å². The van der Waals surface area contributed by atoms with Crippen LogP contribution >= 0.6 is 0 Å². The number of rotatable bonds is 15. The van der Waals surface area contributed by atoms with E-state index in [0.717, 1.165) is 43.0 Å². The fourth-order valence-corrected chi connectivity index (χ4v) is 4.79. The standard InChI is InChI=1S/C24H34N2.C7H14O2/c1-2-3-4-5-6-7-8-11-20-18-25-24(26-19-20)23-16-14-22(15-17-23)21-12-9-10-13-21;1-2-3-4-5-6-7(8)9/h14-19,21H,2-13H2,1H3;2-6H2,1H3,(H,8,9). The Balaban J connectivity index is 0.000000410. The summed E-state index contributed by atoms with van der Waals surface area (Å²) in [5, 5.41) is 8.21. The second kappa shape index (κ2) is 18.1. The van der Waals surface area contributed by atoms with Gasteiger partial charge in [0.05, 0.1) is 0 Å². The Hall–Kier alpha value is -2.23. The average molecular weight is 481 g/mol. The second-order valence-corrected chi connectivity index (χ2v) is 10.1. The van der Waals surface area contributed by atoms with Gasteiger partial charge >= 0.3 is 5.97 Å². The molecule has 0 amide bonds.